The fraction of sp³-hybridized carbons (Fsp3) is 0.111. The second-order valence-electron chi connectivity index (χ2n) is 8.33. The minimum atomic E-state index is -0.303. The summed E-state index contributed by atoms with van der Waals surface area (Å²) in [5.74, 6) is -0.0472. The molecule has 6 aromatic rings. The van der Waals surface area contributed by atoms with Crippen LogP contribution in [0.3, 0.4) is 0 Å². The Labute approximate surface area is 199 Å². The second-order valence-corrected chi connectivity index (χ2v) is 8.33. The van der Waals surface area contributed by atoms with Crippen LogP contribution in [0.25, 0.3) is 32.8 Å². The normalized spacial score (nSPS) is 11.4. The molecule has 0 unspecified atom stereocenters. The average molecular weight is 463 g/mol. The monoisotopic (exact) mass is 463 g/mol. The molecule has 8 heteroatoms. The zero-order valence-corrected chi connectivity index (χ0v) is 18.7. The molecular weight excluding hydrogens is 442 g/mol. The maximum Gasteiger partial charge on any atom is 0.287 e. The van der Waals surface area contributed by atoms with E-state index in [9.17, 15) is 9.59 Å². The first-order valence-corrected chi connectivity index (χ1v) is 11.3. The Morgan fingerprint density at radius 2 is 1.74 bits per heavy atom. The van der Waals surface area contributed by atoms with E-state index in [1.807, 2.05) is 48.5 Å². The summed E-state index contributed by atoms with van der Waals surface area (Å²) in [5, 5.41) is 10.7. The van der Waals surface area contributed by atoms with Gasteiger partial charge in [-0.1, -0.05) is 60.7 Å². The van der Waals surface area contributed by atoms with E-state index in [1.165, 1.54) is 6.20 Å². The van der Waals surface area contributed by atoms with Crippen LogP contribution in [0.1, 0.15) is 16.1 Å². The first-order chi connectivity index (χ1) is 17.2. The van der Waals surface area contributed by atoms with Crippen molar-refractivity contribution in [2.24, 2.45) is 0 Å². The molecule has 6 rings (SSSR count). The van der Waals surface area contributed by atoms with Gasteiger partial charge in [-0.25, -0.2) is 9.67 Å². The van der Waals surface area contributed by atoms with E-state index in [2.05, 4.69) is 33.6 Å². The summed E-state index contributed by atoms with van der Waals surface area (Å²) >= 11 is 0. The Balaban J connectivity index is 1.18. The number of nitrogens with one attached hydrogen (secondary N) is 1. The summed E-state index contributed by atoms with van der Waals surface area (Å²) in [6, 6.07) is 23.4. The number of amides is 1. The lowest BCUT2D eigenvalue weighted by Gasteiger charge is -2.09. The van der Waals surface area contributed by atoms with Crippen molar-refractivity contribution in [3.63, 3.8) is 0 Å². The second kappa shape index (κ2) is 8.57. The molecule has 1 N–H and O–H groups in total. The summed E-state index contributed by atoms with van der Waals surface area (Å²) in [7, 11) is 0. The maximum absolute atomic E-state index is 13.1. The van der Waals surface area contributed by atoms with Gasteiger partial charge in [-0.15, -0.1) is 0 Å². The van der Waals surface area contributed by atoms with Gasteiger partial charge in [0, 0.05) is 11.9 Å². The molecule has 0 atom stereocenters. The van der Waals surface area contributed by atoms with Crippen molar-refractivity contribution in [2.75, 3.05) is 6.54 Å². The molecule has 0 saturated heterocycles. The van der Waals surface area contributed by atoms with E-state index in [4.69, 9.17) is 4.42 Å². The van der Waals surface area contributed by atoms with Crippen LogP contribution in [0.2, 0.25) is 0 Å². The van der Waals surface area contributed by atoms with Crippen LogP contribution in [-0.2, 0) is 13.1 Å². The zero-order chi connectivity index (χ0) is 23.8. The number of hydrogen-bond acceptors (Lipinski definition) is 5. The number of hydrogen-bond donors (Lipinski definition) is 1. The third-order valence-electron chi connectivity index (χ3n) is 6.10. The fourth-order valence-corrected chi connectivity index (χ4v) is 4.34. The highest BCUT2D eigenvalue weighted by molar-refractivity contribution is 5.96. The highest BCUT2D eigenvalue weighted by atomic mass is 16.3. The molecule has 3 aromatic carbocycles. The number of furan rings is 1. The molecule has 0 bridgehead atoms. The number of carbonyl (C=O) groups excluding carboxylic acids is 1. The number of rotatable bonds is 6. The topological polar surface area (TPSA) is 95.0 Å². The number of carbonyl (C=O) groups is 1. The van der Waals surface area contributed by atoms with Crippen molar-refractivity contribution >= 4 is 38.7 Å². The smallest absolute Gasteiger partial charge is 0.287 e. The van der Waals surface area contributed by atoms with Gasteiger partial charge in [-0.2, -0.15) is 5.10 Å². The number of para-hydroxylation sites is 1. The SMILES string of the molecule is O=C(NCCn1ncc2c(=O)n(Cc3cccc4ccccc34)cnc21)c1cc2ccccc2o1. The summed E-state index contributed by atoms with van der Waals surface area (Å²) in [6.07, 6.45) is 3.09. The molecule has 8 nitrogen and oxygen atoms in total. The lowest BCUT2D eigenvalue weighted by Crippen LogP contribution is -2.27. The van der Waals surface area contributed by atoms with Gasteiger partial charge in [0.25, 0.3) is 11.5 Å². The average Bonchev–Trinajstić information content (AvgIpc) is 3.51. The van der Waals surface area contributed by atoms with E-state index in [0.717, 1.165) is 21.7 Å². The van der Waals surface area contributed by atoms with Gasteiger partial charge in [-0.3, -0.25) is 14.2 Å². The zero-order valence-electron chi connectivity index (χ0n) is 18.7. The number of benzene rings is 3. The van der Waals surface area contributed by atoms with Crippen molar-refractivity contribution in [2.45, 2.75) is 13.1 Å². The summed E-state index contributed by atoms with van der Waals surface area (Å²) < 4.78 is 8.82. The maximum atomic E-state index is 13.1. The van der Waals surface area contributed by atoms with Crippen LogP contribution in [0.5, 0.6) is 0 Å². The van der Waals surface area contributed by atoms with Gasteiger partial charge in [0.2, 0.25) is 0 Å². The molecule has 0 spiro atoms. The predicted octanol–water partition coefficient (Wildman–Crippen LogP) is 3.97. The van der Waals surface area contributed by atoms with Gasteiger partial charge in [0.1, 0.15) is 17.3 Å². The molecule has 0 aliphatic carbocycles. The Morgan fingerprint density at radius 1 is 0.943 bits per heavy atom. The summed E-state index contributed by atoms with van der Waals surface area (Å²) in [4.78, 5) is 30.1. The number of aromatic nitrogens is 4. The summed E-state index contributed by atoms with van der Waals surface area (Å²) in [6.45, 7) is 1.10. The van der Waals surface area contributed by atoms with Gasteiger partial charge >= 0.3 is 0 Å². The first-order valence-electron chi connectivity index (χ1n) is 11.3. The number of fused-ring (bicyclic) bond motifs is 3. The van der Waals surface area contributed by atoms with Crippen LogP contribution >= 0.6 is 0 Å². The van der Waals surface area contributed by atoms with Gasteiger partial charge in [-0.05, 0) is 28.5 Å². The van der Waals surface area contributed by atoms with Crippen LogP contribution in [0, 0.1) is 0 Å². The minimum Gasteiger partial charge on any atom is -0.451 e. The van der Waals surface area contributed by atoms with Crippen LogP contribution in [0.15, 0.2) is 94.5 Å². The Morgan fingerprint density at radius 3 is 2.63 bits per heavy atom. The highest BCUT2D eigenvalue weighted by Gasteiger charge is 2.14. The molecule has 0 saturated carbocycles. The predicted molar refractivity (Wildman–Crippen MR) is 133 cm³/mol. The van der Waals surface area contributed by atoms with Crippen molar-refractivity contribution in [1.82, 2.24) is 24.6 Å². The van der Waals surface area contributed by atoms with Crippen LogP contribution in [0.4, 0.5) is 0 Å². The molecule has 0 aliphatic heterocycles. The quantitative estimate of drug-likeness (QED) is 0.403. The molecule has 0 aliphatic rings. The van der Waals surface area contributed by atoms with Crippen LogP contribution in [-0.4, -0.2) is 31.8 Å². The minimum absolute atomic E-state index is 0.152. The van der Waals surface area contributed by atoms with Gasteiger partial charge in [0.05, 0.1) is 19.3 Å². The molecular formula is C27H21N5O3. The van der Waals surface area contributed by atoms with E-state index < -0.39 is 0 Å². The first kappa shape index (κ1) is 20.9. The molecule has 0 fully saturated rings. The molecule has 172 valence electrons. The van der Waals surface area contributed by atoms with Crippen molar-refractivity contribution in [1.29, 1.82) is 0 Å². The number of nitrogens with zero attached hydrogens (tertiary/aromatic N) is 4. The molecule has 0 radical (unpaired) electrons. The third-order valence-corrected chi connectivity index (χ3v) is 6.10. The van der Waals surface area contributed by atoms with Gasteiger partial charge in [0.15, 0.2) is 11.4 Å². The fourth-order valence-electron chi connectivity index (χ4n) is 4.34. The largest absolute Gasteiger partial charge is 0.451 e. The third kappa shape index (κ3) is 3.85. The molecule has 1 amide bonds. The Kier molecular flexibility index (Phi) is 5.11. The highest BCUT2D eigenvalue weighted by Crippen LogP contribution is 2.20. The molecule has 35 heavy (non-hydrogen) atoms. The van der Waals surface area contributed by atoms with Crippen molar-refractivity contribution in [3.8, 4) is 0 Å². The Hall–Kier alpha value is -4.72. The summed E-state index contributed by atoms with van der Waals surface area (Å²) in [5.41, 5.74) is 2.05. The van der Waals surface area contributed by atoms with Gasteiger partial charge < -0.3 is 9.73 Å². The molecule has 3 aromatic heterocycles. The lowest BCUT2D eigenvalue weighted by molar-refractivity contribution is 0.0926. The van der Waals surface area contributed by atoms with E-state index >= 15 is 0 Å². The van der Waals surface area contributed by atoms with E-state index in [1.54, 1.807) is 21.6 Å². The van der Waals surface area contributed by atoms with E-state index in [-0.39, 0.29) is 17.2 Å². The van der Waals surface area contributed by atoms with Crippen LogP contribution < -0.4 is 10.9 Å². The van der Waals surface area contributed by atoms with E-state index in [0.29, 0.717) is 36.3 Å². The van der Waals surface area contributed by atoms with Crippen molar-refractivity contribution in [3.05, 3.63) is 107 Å². The lowest BCUT2D eigenvalue weighted by atomic mass is 10.0. The Bertz CT molecular complexity index is 1720. The van der Waals surface area contributed by atoms with Crippen molar-refractivity contribution < 1.29 is 9.21 Å². The molecule has 3 heterocycles. The standard InChI is InChI=1S/C27H21N5O3/c33-26(24-14-19-7-2-4-11-23(19)35-24)28-12-13-32-25-22(15-30-32)27(34)31(17-29-25)16-20-9-5-8-18-6-1-3-10-21(18)20/h1-11,14-15,17H,12-13,16H2,(H,28,33).